The fraction of sp³-hybridized carbons (Fsp3) is 0.556. The monoisotopic (exact) mass is 439 g/mol. The van der Waals surface area contributed by atoms with Crippen molar-refractivity contribution in [1.82, 2.24) is 10.2 Å². The third-order valence-electron chi connectivity index (χ3n) is 6.76. The van der Waals surface area contributed by atoms with Crippen molar-refractivity contribution in [2.75, 3.05) is 32.6 Å². The highest BCUT2D eigenvalue weighted by Gasteiger charge is 2.24. The maximum atomic E-state index is 3.31. The number of likely N-dealkylation sites (N-methyl/N-ethyl adjacent to an activating group) is 1. The van der Waals surface area contributed by atoms with Crippen LogP contribution in [0, 0.1) is 5.92 Å². The molecule has 1 saturated carbocycles. The maximum Gasteiger partial charge on any atom is 0.0553 e. The van der Waals surface area contributed by atoms with E-state index in [4.69, 9.17) is 0 Å². The summed E-state index contributed by atoms with van der Waals surface area (Å²) in [6.45, 7) is 5.56. The lowest BCUT2D eigenvalue weighted by Crippen LogP contribution is -2.37. The molecule has 0 bridgehead atoms. The first kappa shape index (κ1) is 24.2. The van der Waals surface area contributed by atoms with Crippen LogP contribution < -0.4 is 10.2 Å². The molecule has 2 atom stereocenters. The lowest BCUT2D eigenvalue weighted by Gasteiger charge is -2.36. The molecule has 1 heterocycles. The molecule has 0 aromatic heterocycles. The lowest BCUT2D eigenvalue weighted by molar-refractivity contribution is 0.311. The molecule has 2 aliphatic rings. The van der Waals surface area contributed by atoms with Gasteiger partial charge in [-0.2, -0.15) is 0 Å². The van der Waals surface area contributed by atoms with Crippen molar-refractivity contribution in [2.24, 2.45) is 5.92 Å². The van der Waals surface area contributed by atoms with Crippen LogP contribution in [0.2, 0.25) is 0 Å². The summed E-state index contributed by atoms with van der Waals surface area (Å²) in [5, 5.41) is 3.31. The largest absolute Gasteiger partial charge is 0.338 e. The van der Waals surface area contributed by atoms with Crippen LogP contribution in [0.15, 0.2) is 58.3 Å². The summed E-state index contributed by atoms with van der Waals surface area (Å²) in [4.78, 5) is 7.41. The molecule has 1 aliphatic heterocycles. The molecule has 2 aromatic rings. The number of para-hydroxylation sites is 2. The van der Waals surface area contributed by atoms with E-state index >= 15 is 0 Å². The molecule has 31 heavy (non-hydrogen) atoms. The Kier molecular flexibility index (Phi) is 9.30. The van der Waals surface area contributed by atoms with Crippen LogP contribution in [0.25, 0.3) is 0 Å². The minimum Gasteiger partial charge on any atom is -0.338 e. The number of fused-ring (bicyclic) bond motifs is 2. The summed E-state index contributed by atoms with van der Waals surface area (Å²) < 4.78 is 0. The Bertz CT molecular complexity index is 755. The molecule has 1 fully saturated rings. The highest BCUT2D eigenvalue weighted by Crippen LogP contribution is 2.47. The standard InChI is InChI=1S/C17H20N2S.C10H21N/c1-13(18(2)3)12-19-14-8-4-6-10-16(14)20-17-11-7-5-9-15(17)19;1-9(11-2)8-10-6-4-3-5-7-10/h4-11,13H,12H2,1-3H3;9-11H,3-8H2,1-2H3. The fourth-order valence-electron chi connectivity index (χ4n) is 4.45. The molecular weight excluding hydrogens is 398 g/mol. The zero-order valence-electron chi connectivity index (χ0n) is 20.1. The van der Waals surface area contributed by atoms with E-state index in [-0.39, 0.29) is 0 Å². The minimum absolute atomic E-state index is 0.499. The molecule has 4 heteroatoms. The van der Waals surface area contributed by atoms with E-state index in [9.17, 15) is 0 Å². The minimum atomic E-state index is 0.499. The van der Waals surface area contributed by atoms with Crippen LogP contribution >= 0.6 is 11.8 Å². The number of nitrogens with zero attached hydrogens (tertiary/aromatic N) is 2. The number of hydrogen-bond acceptors (Lipinski definition) is 4. The van der Waals surface area contributed by atoms with Gasteiger partial charge in [0.05, 0.1) is 11.4 Å². The van der Waals surface area contributed by atoms with E-state index < -0.39 is 0 Å². The Labute approximate surface area is 194 Å². The lowest BCUT2D eigenvalue weighted by atomic mass is 9.85. The van der Waals surface area contributed by atoms with E-state index in [1.54, 1.807) is 0 Å². The van der Waals surface area contributed by atoms with Gasteiger partial charge in [-0.25, -0.2) is 0 Å². The van der Waals surface area contributed by atoms with Crippen LogP contribution in [-0.4, -0.2) is 44.7 Å². The second-order valence-electron chi connectivity index (χ2n) is 9.39. The van der Waals surface area contributed by atoms with Crippen molar-refractivity contribution < 1.29 is 0 Å². The van der Waals surface area contributed by atoms with Crippen LogP contribution in [0.5, 0.6) is 0 Å². The van der Waals surface area contributed by atoms with Gasteiger partial charge in [-0.15, -0.1) is 0 Å². The maximum absolute atomic E-state index is 3.31. The van der Waals surface area contributed by atoms with Crippen molar-refractivity contribution in [3.63, 3.8) is 0 Å². The average Bonchev–Trinajstić information content (AvgIpc) is 2.79. The summed E-state index contributed by atoms with van der Waals surface area (Å²) in [7, 11) is 6.34. The van der Waals surface area contributed by atoms with Gasteiger partial charge in [0.15, 0.2) is 0 Å². The third-order valence-corrected chi connectivity index (χ3v) is 7.90. The molecule has 0 spiro atoms. The first-order chi connectivity index (χ1) is 15.0. The van der Waals surface area contributed by atoms with E-state index in [1.807, 2.05) is 11.8 Å². The van der Waals surface area contributed by atoms with Crippen LogP contribution in [0.4, 0.5) is 11.4 Å². The van der Waals surface area contributed by atoms with Gasteiger partial charge in [0.1, 0.15) is 0 Å². The summed E-state index contributed by atoms with van der Waals surface area (Å²) >= 11 is 1.87. The van der Waals surface area contributed by atoms with Gasteiger partial charge in [-0.1, -0.05) is 68.1 Å². The van der Waals surface area contributed by atoms with Gasteiger partial charge in [0.2, 0.25) is 0 Å². The van der Waals surface area contributed by atoms with Crippen molar-refractivity contribution >= 4 is 23.1 Å². The van der Waals surface area contributed by atoms with Crippen LogP contribution in [-0.2, 0) is 0 Å². The zero-order valence-corrected chi connectivity index (χ0v) is 20.9. The number of nitrogens with one attached hydrogen (secondary N) is 1. The van der Waals surface area contributed by atoms with E-state index in [0.29, 0.717) is 6.04 Å². The quantitative estimate of drug-likeness (QED) is 0.533. The van der Waals surface area contributed by atoms with Crippen molar-refractivity contribution in [3.05, 3.63) is 48.5 Å². The molecule has 1 aliphatic carbocycles. The van der Waals surface area contributed by atoms with E-state index in [2.05, 4.69) is 98.6 Å². The number of hydrogen-bond donors (Lipinski definition) is 1. The molecule has 0 saturated heterocycles. The average molecular weight is 440 g/mol. The fourth-order valence-corrected chi connectivity index (χ4v) is 5.54. The normalized spacial score (nSPS) is 17.9. The van der Waals surface area contributed by atoms with Gasteiger partial charge in [0.25, 0.3) is 0 Å². The summed E-state index contributed by atoms with van der Waals surface area (Å²) in [5.74, 6) is 1.02. The van der Waals surface area contributed by atoms with Crippen molar-refractivity contribution in [3.8, 4) is 0 Å². The molecular formula is C27H41N3S. The Morgan fingerprint density at radius 2 is 1.48 bits per heavy atom. The molecule has 3 nitrogen and oxygen atoms in total. The van der Waals surface area contributed by atoms with Crippen molar-refractivity contribution in [1.29, 1.82) is 0 Å². The van der Waals surface area contributed by atoms with E-state index in [0.717, 1.165) is 18.5 Å². The molecule has 1 N–H and O–H groups in total. The Morgan fingerprint density at radius 3 is 2.00 bits per heavy atom. The van der Waals surface area contributed by atoms with Gasteiger partial charge in [-0.3, -0.25) is 0 Å². The molecule has 2 aromatic carbocycles. The molecule has 4 rings (SSSR count). The van der Waals surface area contributed by atoms with Gasteiger partial charge < -0.3 is 15.1 Å². The van der Waals surface area contributed by atoms with Crippen LogP contribution in [0.3, 0.4) is 0 Å². The SMILES string of the molecule is CC(CN1c2ccccc2Sc2ccccc21)N(C)C.CNC(C)CC1CCCCC1. The highest BCUT2D eigenvalue weighted by atomic mass is 32.2. The Hall–Kier alpha value is -1.49. The third kappa shape index (κ3) is 6.74. The second kappa shape index (κ2) is 11.9. The van der Waals surface area contributed by atoms with Crippen LogP contribution in [0.1, 0.15) is 52.4 Å². The predicted octanol–water partition coefficient (Wildman–Crippen LogP) is 6.80. The second-order valence-corrected chi connectivity index (χ2v) is 10.5. The first-order valence-electron chi connectivity index (χ1n) is 12.0. The number of benzene rings is 2. The topological polar surface area (TPSA) is 18.5 Å². The first-order valence-corrected chi connectivity index (χ1v) is 12.8. The summed E-state index contributed by atoms with van der Waals surface area (Å²) in [6.07, 6.45) is 8.77. The zero-order chi connectivity index (χ0) is 22.2. The highest BCUT2D eigenvalue weighted by molar-refractivity contribution is 7.99. The predicted molar refractivity (Wildman–Crippen MR) is 137 cm³/mol. The Balaban J connectivity index is 0.000000210. The smallest absolute Gasteiger partial charge is 0.0553 e. The number of rotatable bonds is 6. The molecule has 0 amide bonds. The Morgan fingerprint density at radius 1 is 0.935 bits per heavy atom. The summed E-state index contributed by atoms with van der Waals surface area (Å²) in [5.41, 5.74) is 2.65. The molecule has 2 unspecified atom stereocenters. The molecule has 170 valence electrons. The molecule has 0 radical (unpaired) electrons. The van der Waals surface area contributed by atoms with Gasteiger partial charge >= 0.3 is 0 Å². The van der Waals surface area contributed by atoms with Crippen molar-refractivity contribution in [2.45, 2.75) is 74.2 Å². The van der Waals surface area contributed by atoms with E-state index in [1.165, 1.54) is 59.7 Å². The summed E-state index contributed by atoms with van der Waals surface area (Å²) in [6, 6.07) is 18.6. The van der Waals surface area contributed by atoms with Gasteiger partial charge in [0, 0.05) is 28.4 Å². The van der Waals surface area contributed by atoms with Gasteiger partial charge in [-0.05, 0) is 71.6 Å². The number of anilines is 2.